The number of benzene rings is 2. The fourth-order valence-corrected chi connectivity index (χ4v) is 4.33. The first-order valence-electron chi connectivity index (χ1n) is 10.4. The summed E-state index contributed by atoms with van der Waals surface area (Å²) in [5.41, 5.74) is 6.38. The molecule has 5 rings (SSSR count). The van der Waals surface area contributed by atoms with Crippen molar-refractivity contribution in [3.63, 3.8) is 0 Å². The van der Waals surface area contributed by atoms with E-state index in [1.54, 1.807) is 12.1 Å². The maximum absolute atomic E-state index is 13.3. The molecule has 1 N–H and O–H groups in total. The van der Waals surface area contributed by atoms with Gasteiger partial charge in [-0.05, 0) is 24.0 Å². The number of carbonyl (C=O) groups excluding carboxylic acids is 1. The Morgan fingerprint density at radius 2 is 1.69 bits per heavy atom. The van der Waals surface area contributed by atoms with Crippen molar-refractivity contribution in [2.75, 3.05) is 5.43 Å². The monoisotopic (exact) mass is 444 g/mol. The fourth-order valence-electron chi connectivity index (χ4n) is 4.21. The standard InChI is InChI=1S/C25H21ClN4O2/c1-25(2)13-19-22(20(31)14-25)23(16-8-10-17(26)11-9-16)28-24-27-18(12-21(32)30(24)29-19)15-6-4-3-5-7-15/h3-12,29H,13-14H2,1-2H3. The Balaban J connectivity index is 1.76. The van der Waals surface area contributed by atoms with Crippen molar-refractivity contribution in [2.24, 2.45) is 10.4 Å². The van der Waals surface area contributed by atoms with Gasteiger partial charge in [0.05, 0.1) is 17.0 Å². The molecule has 3 aromatic rings. The molecule has 0 fully saturated rings. The smallest absolute Gasteiger partial charge is 0.274 e. The summed E-state index contributed by atoms with van der Waals surface area (Å²) < 4.78 is 1.32. The minimum atomic E-state index is -0.294. The lowest BCUT2D eigenvalue weighted by Gasteiger charge is -2.32. The van der Waals surface area contributed by atoms with Crippen LogP contribution in [0, 0.1) is 5.41 Å². The average Bonchev–Trinajstić information content (AvgIpc) is 2.91. The van der Waals surface area contributed by atoms with Gasteiger partial charge in [0.1, 0.15) is 0 Å². The van der Waals surface area contributed by atoms with Gasteiger partial charge in [-0.15, -0.1) is 0 Å². The molecule has 0 unspecified atom stereocenters. The number of hydrogen-bond donors (Lipinski definition) is 1. The Kier molecular flexibility index (Phi) is 4.82. The molecule has 160 valence electrons. The third kappa shape index (κ3) is 3.67. The van der Waals surface area contributed by atoms with Crippen molar-refractivity contribution in [3.05, 3.63) is 92.9 Å². The molecule has 1 aliphatic carbocycles. The number of Topliss-reactive ketones (excluding diaryl/α,β-unsaturated/α-hetero) is 1. The largest absolute Gasteiger partial charge is 0.294 e. The molecular formula is C25H21ClN4O2. The number of rotatable bonds is 2. The molecule has 0 spiro atoms. The van der Waals surface area contributed by atoms with Crippen molar-refractivity contribution >= 4 is 29.0 Å². The van der Waals surface area contributed by atoms with E-state index >= 15 is 0 Å². The highest BCUT2D eigenvalue weighted by atomic mass is 35.5. The van der Waals surface area contributed by atoms with Crippen LogP contribution in [0.5, 0.6) is 0 Å². The number of aliphatic imine (C=N–C) groups is 1. The number of allylic oxidation sites excluding steroid dienone is 2. The molecule has 0 atom stereocenters. The Morgan fingerprint density at radius 1 is 0.969 bits per heavy atom. The van der Waals surface area contributed by atoms with Crippen molar-refractivity contribution in [3.8, 4) is 11.3 Å². The molecule has 6 nitrogen and oxygen atoms in total. The molecule has 2 aromatic carbocycles. The van der Waals surface area contributed by atoms with E-state index in [4.69, 9.17) is 16.6 Å². The van der Waals surface area contributed by atoms with Gasteiger partial charge in [-0.1, -0.05) is 67.9 Å². The lowest BCUT2D eigenvalue weighted by atomic mass is 9.74. The first-order chi connectivity index (χ1) is 15.3. The number of halogens is 1. The van der Waals surface area contributed by atoms with Gasteiger partial charge in [0.15, 0.2) is 5.78 Å². The molecule has 7 heteroatoms. The minimum Gasteiger partial charge on any atom is -0.294 e. The van der Waals surface area contributed by atoms with Crippen molar-refractivity contribution in [1.82, 2.24) is 9.66 Å². The van der Waals surface area contributed by atoms with Gasteiger partial charge in [-0.25, -0.2) is 9.98 Å². The zero-order valence-electron chi connectivity index (χ0n) is 17.7. The summed E-state index contributed by atoms with van der Waals surface area (Å²) in [5.74, 6) is 0.183. The topological polar surface area (TPSA) is 76.3 Å². The van der Waals surface area contributed by atoms with Crippen LogP contribution in [-0.2, 0) is 4.79 Å². The molecule has 1 aliphatic heterocycles. The SMILES string of the molecule is CC1(C)CC(=O)C2=C(C1)Nn1c(nc(-c3ccccc3)cc1=O)N=C2c1ccc(Cl)cc1. The third-order valence-corrected chi connectivity index (χ3v) is 5.91. The zero-order valence-corrected chi connectivity index (χ0v) is 18.5. The highest BCUT2D eigenvalue weighted by Crippen LogP contribution is 2.39. The summed E-state index contributed by atoms with van der Waals surface area (Å²) in [5, 5.41) is 0.590. The maximum atomic E-state index is 13.3. The Labute approximate surface area is 190 Å². The van der Waals surface area contributed by atoms with E-state index in [1.807, 2.05) is 56.3 Å². The van der Waals surface area contributed by atoms with Gasteiger partial charge < -0.3 is 0 Å². The van der Waals surface area contributed by atoms with Crippen LogP contribution in [0.2, 0.25) is 5.02 Å². The molecule has 2 aliphatic rings. The highest BCUT2D eigenvalue weighted by Gasteiger charge is 2.37. The van der Waals surface area contributed by atoms with Crippen LogP contribution in [0.1, 0.15) is 32.3 Å². The summed E-state index contributed by atoms with van der Waals surface area (Å²) in [7, 11) is 0. The van der Waals surface area contributed by atoms with Gasteiger partial charge in [0.2, 0.25) is 0 Å². The van der Waals surface area contributed by atoms with Gasteiger partial charge in [0, 0.05) is 34.3 Å². The fraction of sp³-hybridized carbons (Fsp3) is 0.200. The lowest BCUT2D eigenvalue weighted by molar-refractivity contribution is -0.117. The van der Waals surface area contributed by atoms with Crippen LogP contribution in [0.4, 0.5) is 5.95 Å². The predicted octanol–water partition coefficient (Wildman–Crippen LogP) is 4.88. The molecule has 1 aromatic heterocycles. The highest BCUT2D eigenvalue weighted by molar-refractivity contribution is 6.32. The normalized spacial score (nSPS) is 17.1. The lowest BCUT2D eigenvalue weighted by Crippen LogP contribution is -2.35. The summed E-state index contributed by atoms with van der Waals surface area (Å²) in [6.45, 7) is 4.08. The molecule has 0 radical (unpaired) electrons. The molecule has 0 saturated heterocycles. The average molecular weight is 445 g/mol. The van der Waals surface area contributed by atoms with Crippen LogP contribution < -0.4 is 11.0 Å². The Hall–Kier alpha value is -3.51. The first-order valence-corrected chi connectivity index (χ1v) is 10.8. The van der Waals surface area contributed by atoms with Crippen LogP contribution in [0.3, 0.4) is 0 Å². The number of carbonyl (C=O) groups is 1. The van der Waals surface area contributed by atoms with E-state index in [2.05, 4.69) is 10.4 Å². The number of nitrogens with zero attached hydrogens (tertiary/aromatic N) is 3. The van der Waals surface area contributed by atoms with E-state index in [0.717, 1.165) is 11.1 Å². The number of ketones is 1. The summed E-state index contributed by atoms with van der Waals surface area (Å²) in [4.78, 5) is 35.8. The molecule has 32 heavy (non-hydrogen) atoms. The van der Waals surface area contributed by atoms with E-state index < -0.39 is 0 Å². The second-order valence-corrected chi connectivity index (χ2v) is 9.29. The van der Waals surface area contributed by atoms with Crippen molar-refractivity contribution in [1.29, 1.82) is 0 Å². The Morgan fingerprint density at radius 3 is 2.41 bits per heavy atom. The molecule has 2 heterocycles. The van der Waals surface area contributed by atoms with Crippen molar-refractivity contribution in [2.45, 2.75) is 26.7 Å². The molecule has 0 saturated carbocycles. The first kappa shape index (κ1) is 20.4. The van der Waals surface area contributed by atoms with Gasteiger partial charge >= 0.3 is 0 Å². The number of aromatic nitrogens is 2. The summed E-state index contributed by atoms with van der Waals surface area (Å²) in [6.07, 6.45) is 1.00. The second kappa shape index (κ2) is 7.57. The predicted molar refractivity (Wildman–Crippen MR) is 126 cm³/mol. The number of hydrogen-bond acceptors (Lipinski definition) is 5. The number of fused-ring (bicyclic) bond motifs is 1. The van der Waals surface area contributed by atoms with E-state index in [0.29, 0.717) is 40.5 Å². The van der Waals surface area contributed by atoms with Crippen molar-refractivity contribution < 1.29 is 4.79 Å². The van der Waals surface area contributed by atoms with Gasteiger partial charge in [0.25, 0.3) is 11.5 Å². The van der Waals surface area contributed by atoms with E-state index in [-0.39, 0.29) is 22.7 Å². The zero-order chi connectivity index (χ0) is 22.5. The van der Waals surface area contributed by atoms with E-state index in [9.17, 15) is 9.59 Å². The van der Waals surface area contributed by atoms with Gasteiger partial charge in [-0.3, -0.25) is 15.0 Å². The summed E-state index contributed by atoms with van der Waals surface area (Å²) >= 11 is 6.09. The molecule has 0 amide bonds. The Bertz CT molecular complexity index is 1350. The van der Waals surface area contributed by atoms with Crippen LogP contribution >= 0.6 is 11.6 Å². The van der Waals surface area contributed by atoms with E-state index in [1.165, 1.54) is 10.7 Å². The second-order valence-electron chi connectivity index (χ2n) is 8.85. The third-order valence-electron chi connectivity index (χ3n) is 5.66. The van der Waals surface area contributed by atoms with Crippen LogP contribution in [0.25, 0.3) is 11.3 Å². The molecular weight excluding hydrogens is 424 g/mol. The maximum Gasteiger partial charge on any atom is 0.274 e. The van der Waals surface area contributed by atoms with Gasteiger partial charge in [-0.2, -0.15) is 4.68 Å². The minimum absolute atomic E-state index is 0.0124. The number of nitrogens with one attached hydrogen (secondary N) is 1. The summed E-state index contributed by atoms with van der Waals surface area (Å²) in [6, 6.07) is 18.1. The van der Waals surface area contributed by atoms with Crippen LogP contribution in [-0.4, -0.2) is 21.2 Å². The van der Waals surface area contributed by atoms with Crippen LogP contribution in [0.15, 0.2) is 81.7 Å². The quantitative estimate of drug-likeness (QED) is 0.610. The molecule has 0 bridgehead atoms.